The van der Waals surface area contributed by atoms with E-state index in [-0.39, 0.29) is 24.2 Å². The van der Waals surface area contributed by atoms with Crippen LogP contribution in [0.5, 0.6) is 0 Å². The summed E-state index contributed by atoms with van der Waals surface area (Å²) in [5, 5.41) is 17.2. The lowest BCUT2D eigenvalue weighted by atomic mass is 9.82. The van der Waals surface area contributed by atoms with Crippen LogP contribution in [-0.4, -0.2) is 22.2 Å². The Morgan fingerprint density at radius 1 is 1.07 bits per heavy atom. The van der Waals surface area contributed by atoms with E-state index < -0.39 is 11.9 Å². The van der Waals surface area contributed by atoms with Crippen LogP contribution in [0.4, 0.5) is 0 Å². The summed E-state index contributed by atoms with van der Waals surface area (Å²) in [6, 6.07) is 0. The molecular formula is C10H18O4. The van der Waals surface area contributed by atoms with E-state index in [1.165, 1.54) is 0 Å². The molecule has 0 saturated heterocycles. The smallest absolute Gasteiger partial charge is 0.303 e. The Labute approximate surface area is 83.9 Å². The van der Waals surface area contributed by atoms with Gasteiger partial charge < -0.3 is 10.2 Å². The van der Waals surface area contributed by atoms with Crippen LogP contribution in [0.15, 0.2) is 0 Å². The van der Waals surface area contributed by atoms with E-state index in [0.29, 0.717) is 6.42 Å². The van der Waals surface area contributed by atoms with Gasteiger partial charge in [-0.1, -0.05) is 20.8 Å². The summed E-state index contributed by atoms with van der Waals surface area (Å²) in [5.41, 5.74) is -0.0322. The Morgan fingerprint density at radius 3 is 1.64 bits per heavy atom. The molecule has 0 rings (SSSR count). The van der Waals surface area contributed by atoms with Crippen molar-refractivity contribution in [3.8, 4) is 0 Å². The molecule has 0 aliphatic heterocycles. The molecular weight excluding hydrogens is 184 g/mol. The van der Waals surface area contributed by atoms with Crippen LogP contribution >= 0.6 is 0 Å². The third kappa shape index (κ3) is 7.58. The molecule has 14 heavy (non-hydrogen) atoms. The SMILES string of the molecule is CC(C)(C)CC(CC(=O)O)CC(=O)O. The second-order valence-corrected chi connectivity index (χ2v) is 4.83. The van der Waals surface area contributed by atoms with E-state index in [0.717, 1.165) is 0 Å². The summed E-state index contributed by atoms with van der Waals surface area (Å²) >= 11 is 0. The Balaban J connectivity index is 4.24. The van der Waals surface area contributed by atoms with Gasteiger partial charge in [-0.05, 0) is 17.8 Å². The standard InChI is InChI=1S/C10H18O4/c1-10(2,3)6-7(4-8(11)12)5-9(13)14/h7H,4-6H2,1-3H3,(H,11,12)(H,13,14). The first-order valence-electron chi connectivity index (χ1n) is 4.64. The number of carbonyl (C=O) groups is 2. The average Bonchev–Trinajstić information content (AvgIpc) is 1.77. The number of hydrogen-bond acceptors (Lipinski definition) is 2. The minimum atomic E-state index is -0.930. The molecule has 4 heteroatoms. The van der Waals surface area contributed by atoms with Crippen LogP contribution < -0.4 is 0 Å². The summed E-state index contributed by atoms with van der Waals surface area (Å²) in [5.74, 6) is -2.13. The summed E-state index contributed by atoms with van der Waals surface area (Å²) in [6.07, 6.45) is 0.485. The first kappa shape index (κ1) is 12.9. The highest BCUT2D eigenvalue weighted by molar-refractivity contribution is 5.70. The number of rotatable bonds is 5. The van der Waals surface area contributed by atoms with E-state index in [1.807, 2.05) is 20.8 Å². The lowest BCUT2D eigenvalue weighted by Crippen LogP contribution is -2.19. The summed E-state index contributed by atoms with van der Waals surface area (Å²) in [4.78, 5) is 21.0. The molecule has 0 saturated carbocycles. The molecule has 0 aliphatic carbocycles. The van der Waals surface area contributed by atoms with Crippen LogP contribution in [0.1, 0.15) is 40.0 Å². The maximum atomic E-state index is 10.5. The van der Waals surface area contributed by atoms with Crippen molar-refractivity contribution in [3.05, 3.63) is 0 Å². The van der Waals surface area contributed by atoms with Gasteiger partial charge in [0.2, 0.25) is 0 Å². The maximum Gasteiger partial charge on any atom is 0.303 e. The third-order valence-corrected chi connectivity index (χ3v) is 1.83. The van der Waals surface area contributed by atoms with Crippen molar-refractivity contribution >= 4 is 11.9 Å². The zero-order valence-corrected chi connectivity index (χ0v) is 8.91. The molecule has 0 spiro atoms. The fourth-order valence-electron chi connectivity index (χ4n) is 1.58. The zero-order chi connectivity index (χ0) is 11.4. The van der Waals surface area contributed by atoms with E-state index in [1.54, 1.807) is 0 Å². The summed E-state index contributed by atoms with van der Waals surface area (Å²) in [6.45, 7) is 5.93. The van der Waals surface area contributed by atoms with Gasteiger partial charge in [0.1, 0.15) is 0 Å². The van der Waals surface area contributed by atoms with Gasteiger partial charge in [-0.3, -0.25) is 9.59 Å². The lowest BCUT2D eigenvalue weighted by molar-refractivity contribution is -0.140. The van der Waals surface area contributed by atoms with Crippen molar-refractivity contribution in [1.82, 2.24) is 0 Å². The number of carboxylic acids is 2. The lowest BCUT2D eigenvalue weighted by Gasteiger charge is -2.23. The second-order valence-electron chi connectivity index (χ2n) is 4.83. The fraction of sp³-hybridized carbons (Fsp3) is 0.800. The highest BCUT2D eigenvalue weighted by Crippen LogP contribution is 2.28. The second kappa shape index (κ2) is 4.98. The first-order valence-corrected chi connectivity index (χ1v) is 4.64. The van der Waals surface area contributed by atoms with Crippen molar-refractivity contribution in [2.24, 2.45) is 11.3 Å². The van der Waals surface area contributed by atoms with Crippen molar-refractivity contribution in [2.75, 3.05) is 0 Å². The Hall–Kier alpha value is -1.06. The number of aliphatic carboxylic acids is 2. The van der Waals surface area contributed by atoms with Crippen LogP contribution in [-0.2, 0) is 9.59 Å². The van der Waals surface area contributed by atoms with Gasteiger partial charge in [0.15, 0.2) is 0 Å². The molecule has 4 nitrogen and oxygen atoms in total. The highest BCUT2D eigenvalue weighted by Gasteiger charge is 2.23. The predicted octanol–water partition coefficient (Wildman–Crippen LogP) is 1.99. The largest absolute Gasteiger partial charge is 0.481 e. The Kier molecular flexibility index (Phi) is 4.60. The molecule has 0 radical (unpaired) electrons. The Bertz CT molecular complexity index is 199. The predicted molar refractivity (Wildman–Crippen MR) is 52.1 cm³/mol. The topological polar surface area (TPSA) is 74.6 Å². The first-order chi connectivity index (χ1) is 6.20. The van der Waals surface area contributed by atoms with Crippen molar-refractivity contribution in [1.29, 1.82) is 0 Å². The molecule has 0 aromatic heterocycles. The minimum Gasteiger partial charge on any atom is -0.481 e. The van der Waals surface area contributed by atoms with Gasteiger partial charge in [-0.2, -0.15) is 0 Å². The molecule has 82 valence electrons. The molecule has 0 aliphatic rings. The van der Waals surface area contributed by atoms with Crippen molar-refractivity contribution in [3.63, 3.8) is 0 Å². The molecule has 0 atom stereocenters. The maximum absolute atomic E-state index is 10.5. The van der Waals surface area contributed by atoms with Gasteiger partial charge in [0.05, 0.1) is 0 Å². The Morgan fingerprint density at radius 2 is 1.43 bits per heavy atom. The summed E-state index contributed by atoms with van der Waals surface area (Å²) in [7, 11) is 0. The minimum absolute atomic E-state index is 0.0322. The molecule has 0 amide bonds. The van der Waals surface area contributed by atoms with E-state index in [4.69, 9.17) is 10.2 Å². The molecule has 0 heterocycles. The quantitative estimate of drug-likeness (QED) is 0.714. The third-order valence-electron chi connectivity index (χ3n) is 1.83. The number of carboxylic acid groups (broad SMARTS) is 2. The number of hydrogen-bond donors (Lipinski definition) is 2. The summed E-state index contributed by atoms with van der Waals surface area (Å²) < 4.78 is 0. The zero-order valence-electron chi connectivity index (χ0n) is 8.91. The van der Waals surface area contributed by atoms with Crippen LogP contribution in [0.2, 0.25) is 0 Å². The van der Waals surface area contributed by atoms with Gasteiger partial charge in [-0.15, -0.1) is 0 Å². The van der Waals surface area contributed by atoms with Crippen LogP contribution in [0, 0.1) is 11.3 Å². The fourth-order valence-corrected chi connectivity index (χ4v) is 1.58. The van der Waals surface area contributed by atoms with Gasteiger partial charge in [0, 0.05) is 12.8 Å². The van der Waals surface area contributed by atoms with Gasteiger partial charge >= 0.3 is 11.9 Å². The highest BCUT2D eigenvalue weighted by atomic mass is 16.4. The van der Waals surface area contributed by atoms with Gasteiger partial charge in [0.25, 0.3) is 0 Å². The van der Waals surface area contributed by atoms with Crippen molar-refractivity contribution in [2.45, 2.75) is 40.0 Å². The molecule has 0 bridgehead atoms. The molecule has 0 unspecified atom stereocenters. The molecule has 0 fully saturated rings. The van der Waals surface area contributed by atoms with E-state index >= 15 is 0 Å². The normalized spacial score (nSPS) is 11.7. The van der Waals surface area contributed by atoms with E-state index in [9.17, 15) is 9.59 Å². The molecule has 0 aromatic carbocycles. The average molecular weight is 202 g/mol. The van der Waals surface area contributed by atoms with E-state index in [2.05, 4.69) is 0 Å². The monoisotopic (exact) mass is 202 g/mol. The molecule has 2 N–H and O–H groups in total. The van der Waals surface area contributed by atoms with Crippen LogP contribution in [0.25, 0.3) is 0 Å². The van der Waals surface area contributed by atoms with Gasteiger partial charge in [-0.25, -0.2) is 0 Å². The van der Waals surface area contributed by atoms with Crippen LogP contribution in [0.3, 0.4) is 0 Å². The van der Waals surface area contributed by atoms with Crippen molar-refractivity contribution < 1.29 is 19.8 Å². The molecule has 0 aromatic rings.